The minimum Gasteiger partial charge on any atom is -0.455 e. The number of esters is 1. The maximum atomic E-state index is 12.1. The maximum Gasteiger partial charge on any atom is 0.310 e. The molecule has 0 atom stereocenters. The summed E-state index contributed by atoms with van der Waals surface area (Å²) in [5.41, 5.74) is 3.69. The zero-order chi connectivity index (χ0) is 18.4. The van der Waals surface area contributed by atoms with Crippen molar-refractivity contribution in [1.29, 1.82) is 0 Å². The molecular formula is C20H22BrNO3. The average Bonchev–Trinajstić information content (AvgIpc) is 2.56. The summed E-state index contributed by atoms with van der Waals surface area (Å²) in [6.45, 7) is 5.80. The van der Waals surface area contributed by atoms with Gasteiger partial charge in [-0.15, -0.1) is 0 Å². The highest BCUT2D eigenvalue weighted by Gasteiger charge is 2.13. The van der Waals surface area contributed by atoms with E-state index in [1.165, 1.54) is 0 Å². The third kappa shape index (κ3) is 5.71. The molecule has 2 aromatic carbocycles. The van der Waals surface area contributed by atoms with Crippen LogP contribution in [0.3, 0.4) is 0 Å². The van der Waals surface area contributed by atoms with Gasteiger partial charge in [-0.2, -0.15) is 0 Å². The smallest absolute Gasteiger partial charge is 0.310 e. The molecule has 0 aromatic heterocycles. The van der Waals surface area contributed by atoms with E-state index in [-0.39, 0.29) is 24.9 Å². The number of aryl methyl sites for hydroxylation is 1. The Balaban J connectivity index is 1.91. The number of ether oxygens (including phenoxy) is 1. The largest absolute Gasteiger partial charge is 0.455 e. The molecule has 0 aliphatic rings. The topological polar surface area (TPSA) is 55.4 Å². The van der Waals surface area contributed by atoms with E-state index in [1.54, 1.807) is 0 Å². The van der Waals surface area contributed by atoms with Crippen LogP contribution in [0.2, 0.25) is 0 Å². The molecule has 0 heterocycles. The number of nitrogens with one attached hydrogen (secondary N) is 1. The van der Waals surface area contributed by atoms with E-state index in [2.05, 4.69) is 35.1 Å². The van der Waals surface area contributed by atoms with E-state index in [4.69, 9.17) is 4.74 Å². The molecule has 0 fully saturated rings. The predicted octanol–water partition coefficient (Wildman–Crippen LogP) is 4.61. The Labute approximate surface area is 156 Å². The first-order valence-electron chi connectivity index (χ1n) is 8.16. The zero-order valence-corrected chi connectivity index (χ0v) is 16.2. The van der Waals surface area contributed by atoms with Gasteiger partial charge in [-0.05, 0) is 41.7 Å². The van der Waals surface area contributed by atoms with Crippen molar-refractivity contribution in [3.63, 3.8) is 0 Å². The number of rotatable bonds is 6. The van der Waals surface area contributed by atoms with Gasteiger partial charge in [-0.3, -0.25) is 9.59 Å². The molecule has 4 nitrogen and oxygen atoms in total. The molecule has 132 valence electrons. The molecule has 0 bridgehead atoms. The second kappa shape index (κ2) is 8.81. The fraction of sp³-hybridized carbons (Fsp3) is 0.300. The van der Waals surface area contributed by atoms with Crippen molar-refractivity contribution in [1.82, 2.24) is 0 Å². The fourth-order valence-corrected chi connectivity index (χ4v) is 2.75. The minimum atomic E-state index is -0.425. The molecule has 0 aliphatic heterocycles. The molecule has 0 radical (unpaired) electrons. The normalized spacial score (nSPS) is 10.6. The van der Waals surface area contributed by atoms with Gasteiger partial charge in [0.05, 0.1) is 6.42 Å². The van der Waals surface area contributed by atoms with Crippen molar-refractivity contribution in [2.24, 2.45) is 0 Å². The van der Waals surface area contributed by atoms with Gasteiger partial charge in [0.1, 0.15) is 0 Å². The van der Waals surface area contributed by atoms with Crippen LogP contribution in [-0.4, -0.2) is 18.5 Å². The summed E-state index contributed by atoms with van der Waals surface area (Å²) in [5.74, 6) is -0.471. The van der Waals surface area contributed by atoms with Gasteiger partial charge in [-0.25, -0.2) is 0 Å². The Kier molecular flexibility index (Phi) is 6.76. The van der Waals surface area contributed by atoms with Gasteiger partial charge >= 0.3 is 5.97 Å². The fourth-order valence-electron chi connectivity index (χ4n) is 2.48. The number of benzene rings is 2. The number of carbonyl (C=O) groups is 2. The lowest BCUT2D eigenvalue weighted by Crippen LogP contribution is -2.22. The van der Waals surface area contributed by atoms with Crippen molar-refractivity contribution < 1.29 is 14.3 Å². The molecular weight excluding hydrogens is 382 g/mol. The Hall–Kier alpha value is -2.14. The highest BCUT2D eigenvalue weighted by atomic mass is 79.9. The number of anilines is 1. The summed E-state index contributed by atoms with van der Waals surface area (Å²) in [5, 5.41) is 2.86. The van der Waals surface area contributed by atoms with Crippen LogP contribution in [0.4, 0.5) is 5.69 Å². The van der Waals surface area contributed by atoms with Gasteiger partial charge < -0.3 is 10.1 Å². The molecule has 0 unspecified atom stereocenters. The Morgan fingerprint density at radius 3 is 2.44 bits per heavy atom. The van der Waals surface area contributed by atoms with Gasteiger partial charge in [0, 0.05) is 10.2 Å². The SMILES string of the molecule is Cc1cccc(C(C)C)c1NC(=O)COC(=O)Cc1ccc(Br)cc1. The van der Waals surface area contributed by atoms with Gasteiger partial charge in [0.15, 0.2) is 6.61 Å². The second-order valence-corrected chi connectivity index (χ2v) is 7.12. The van der Waals surface area contributed by atoms with Crippen LogP contribution in [0.1, 0.15) is 36.5 Å². The molecule has 1 amide bonds. The molecule has 0 saturated carbocycles. The summed E-state index contributed by atoms with van der Waals surface area (Å²) < 4.78 is 6.04. The summed E-state index contributed by atoms with van der Waals surface area (Å²) in [6, 6.07) is 13.3. The molecule has 1 N–H and O–H groups in total. The van der Waals surface area contributed by atoms with Crippen LogP contribution in [-0.2, 0) is 20.7 Å². The number of halogens is 1. The summed E-state index contributed by atoms with van der Waals surface area (Å²) in [4.78, 5) is 24.0. The quantitative estimate of drug-likeness (QED) is 0.716. The van der Waals surface area contributed by atoms with E-state index < -0.39 is 5.97 Å². The van der Waals surface area contributed by atoms with E-state index in [0.29, 0.717) is 0 Å². The lowest BCUT2D eigenvalue weighted by Gasteiger charge is -2.16. The lowest BCUT2D eigenvalue weighted by atomic mass is 9.98. The highest BCUT2D eigenvalue weighted by Crippen LogP contribution is 2.27. The van der Waals surface area contributed by atoms with Crippen LogP contribution in [0.15, 0.2) is 46.9 Å². The monoisotopic (exact) mass is 403 g/mol. The first kappa shape index (κ1) is 19.2. The van der Waals surface area contributed by atoms with E-state index in [9.17, 15) is 9.59 Å². The highest BCUT2D eigenvalue weighted by molar-refractivity contribution is 9.10. The first-order chi connectivity index (χ1) is 11.9. The van der Waals surface area contributed by atoms with Crippen LogP contribution in [0.25, 0.3) is 0 Å². The molecule has 0 saturated heterocycles. The third-order valence-corrected chi connectivity index (χ3v) is 4.35. The number of carbonyl (C=O) groups excluding carboxylic acids is 2. The number of para-hydroxylation sites is 1. The Bertz CT molecular complexity index is 754. The predicted molar refractivity (Wildman–Crippen MR) is 103 cm³/mol. The van der Waals surface area contributed by atoms with Crippen molar-refractivity contribution in [2.45, 2.75) is 33.1 Å². The number of hydrogen-bond donors (Lipinski definition) is 1. The standard InChI is InChI=1S/C20H22BrNO3/c1-13(2)17-6-4-5-14(3)20(17)22-18(23)12-25-19(24)11-15-7-9-16(21)10-8-15/h4-10,13H,11-12H2,1-3H3,(H,22,23). The minimum absolute atomic E-state index is 0.141. The van der Waals surface area contributed by atoms with E-state index in [1.807, 2.05) is 49.4 Å². The summed E-state index contributed by atoms with van der Waals surface area (Å²) in [7, 11) is 0. The summed E-state index contributed by atoms with van der Waals surface area (Å²) in [6.07, 6.45) is 0.141. The van der Waals surface area contributed by atoms with Crippen LogP contribution >= 0.6 is 15.9 Å². The van der Waals surface area contributed by atoms with Crippen LogP contribution < -0.4 is 5.32 Å². The van der Waals surface area contributed by atoms with E-state index in [0.717, 1.165) is 26.9 Å². The van der Waals surface area contributed by atoms with Crippen molar-refractivity contribution in [3.8, 4) is 0 Å². The van der Waals surface area contributed by atoms with Gasteiger partial charge in [0.25, 0.3) is 5.91 Å². The summed E-state index contributed by atoms with van der Waals surface area (Å²) >= 11 is 3.35. The maximum absolute atomic E-state index is 12.1. The first-order valence-corrected chi connectivity index (χ1v) is 8.95. The molecule has 25 heavy (non-hydrogen) atoms. The van der Waals surface area contributed by atoms with E-state index >= 15 is 0 Å². The van der Waals surface area contributed by atoms with Crippen LogP contribution in [0.5, 0.6) is 0 Å². The molecule has 0 spiro atoms. The third-order valence-electron chi connectivity index (χ3n) is 3.82. The average molecular weight is 404 g/mol. The van der Waals surface area contributed by atoms with Crippen molar-refractivity contribution in [3.05, 3.63) is 63.6 Å². The van der Waals surface area contributed by atoms with Crippen molar-refractivity contribution >= 4 is 33.5 Å². The number of hydrogen-bond acceptors (Lipinski definition) is 3. The van der Waals surface area contributed by atoms with Crippen LogP contribution in [0, 0.1) is 6.92 Å². The molecule has 2 rings (SSSR count). The Morgan fingerprint density at radius 2 is 1.80 bits per heavy atom. The number of amides is 1. The second-order valence-electron chi connectivity index (χ2n) is 6.21. The molecule has 2 aromatic rings. The van der Waals surface area contributed by atoms with Gasteiger partial charge in [-0.1, -0.05) is 60.1 Å². The van der Waals surface area contributed by atoms with Gasteiger partial charge in [0.2, 0.25) is 0 Å². The lowest BCUT2D eigenvalue weighted by molar-refractivity contribution is -0.146. The molecule has 5 heteroatoms. The zero-order valence-electron chi connectivity index (χ0n) is 14.6. The molecule has 0 aliphatic carbocycles. The Morgan fingerprint density at radius 1 is 1.12 bits per heavy atom. The van der Waals surface area contributed by atoms with Crippen molar-refractivity contribution in [2.75, 3.05) is 11.9 Å².